The molecule has 0 atom stereocenters. The fraction of sp³-hybridized carbons (Fsp3) is 0.500. The lowest BCUT2D eigenvalue weighted by Crippen LogP contribution is -2.32. The lowest BCUT2D eigenvalue weighted by molar-refractivity contribution is 0.293. The first kappa shape index (κ1) is 12.3. The third-order valence-electron chi connectivity index (χ3n) is 1.25. The highest BCUT2D eigenvalue weighted by Gasteiger charge is 2.19. The molecule has 76 valence electrons. The minimum absolute atomic E-state index is 0.132. The van der Waals surface area contributed by atoms with Crippen molar-refractivity contribution in [3.05, 3.63) is 25.3 Å². The maximum atomic E-state index is 11.3. The Bertz CT molecular complexity index is 249. The Balaban J connectivity index is 4.50. The molecule has 0 aromatic carbocycles. The third kappa shape index (κ3) is 4.21. The number of rotatable bonds is 7. The third-order valence-corrected chi connectivity index (χ3v) is 2.71. The van der Waals surface area contributed by atoms with Gasteiger partial charge in [-0.2, -0.15) is 12.7 Å². The molecule has 0 unspecified atom stereocenters. The molecule has 0 aliphatic heterocycles. The lowest BCUT2D eigenvalue weighted by atomic mass is 10.5. The minimum Gasteiger partial charge on any atom is -0.258 e. The summed E-state index contributed by atoms with van der Waals surface area (Å²) in [6.45, 7) is 9.14. The van der Waals surface area contributed by atoms with Gasteiger partial charge in [-0.25, -0.2) is 0 Å². The first-order valence-electron chi connectivity index (χ1n) is 3.94. The molecule has 13 heavy (non-hydrogen) atoms. The van der Waals surface area contributed by atoms with Crippen molar-refractivity contribution in [3.63, 3.8) is 0 Å². The van der Waals surface area contributed by atoms with Crippen LogP contribution in [0, 0.1) is 0 Å². The molecule has 0 aromatic rings. The molecule has 0 amide bonds. The van der Waals surface area contributed by atoms with Gasteiger partial charge in [-0.1, -0.05) is 12.2 Å². The van der Waals surface area contributed by atoms with Crippen molar-refractivity contribution in [3.8, 4) is 0 Å². The fourth-order valence-corrected chi connectivity index (χ4v) is 1.79. The van der Waals surface area contributed by atoms with E-state index >= 15 is 0 Å². The summed E-state index contributed by atoms with van der Waals surface area (Å²) in [5.74, 6) is 0. The van der Waals surface area contributed by atoms with Gasteiger partial charge in [0.05, 0.1) is 6.61 Å². The highest BCUT2D eigenvalue weighted by molar-refractivity contribution is 7.84. The summed E-state index contributed by atoms with van der Waals surface area (Å²) in [6.07, 6.45) is 3.00. The van der Waals surface area contributed by atoms with Gasteiger partial charge >= 0.3 is 10.3 Å². The highest BCUT2D eigenvalue weighted by Crippen LogP contribution is 2.02. The molecule has 0 N–H and O–H groups in total. The summed E-state index contributed by atoms with van der Waals surface area (Å²) in [4.78, 5) is 0. The van der Waals surface area contributed by atoms with E-state index in [2.05, 4.69) is 17.3 Å². The summed E-state index contributed by atoms with van der Waals surface area (Å²) < 4.78 is 28.4. The van der Waals surface area contributed by atoms with Gasteiger partial charge in [0.15, 0.2) is 0 Å². The summed E-state index contributed by atoms with van der Waals surface area (Å²) in [7, 11) is -3.61. The predicted octanol–water partition coefficient (Wildman–Crippen LogP) is 0.942. The Morgan fingerprint density at radius 3 is 2.08 bits per heavy atom. The molecule has 0 spiro atoms. The normalized spacial score (nSPS) is 11.5. The van der Waals surface area contributed by atoms with Gasteiger partial charge < -0.3 is 0 Å². The molecular weight excluding hydrogens is 190 g/mol. The first-order chi connectivity index (χ1) is 6.08. The van der Waals surface area contributed by atoms with Gasteiger partial charge in [-0.05, 0) is 6.92 Å². The van der Waals surface area contributed by atoms with Crippen LogP contribution in [0.1, 0.15) is 6.92 Å². The Kier molecular flexibility index (Phi) is 5.61. The minimum atomic E-state index is -3.61. The van der Waals surface area contributed by atoms with Crippen LogP contribution < -0.4 is 0 Å². The average Bonchev–Trinajstić information content (AvgIpc) is 2.04. The van der Waals surface area contributed by atoms with E-state index in [1.54, 1.807) is 6.92 Å². The van der Waals surface area contributed by atoms with Gasteiger partial charge in [0, 0.05) is 13.1 Å². The van der Waals surface area contributed by atoms with Crippen LogP contribution in [0.2, 0.25) is 0 Å². The van der Waals surface area contributed by atoms with Crippen molar-refractivity contribution in [1.82, 2.24) is 4.31 Å². The van der Waals surface area contributed by atoms with Crippen LogP contribution in [0.3, 0.4) is 0 Å². The van der Waals surface area contributed by atoms with E-state index in [0.29, 0.717) is 0 Å². The molecule has 0 aliphatic rings. The van der Waals surface area contributed by atoms with E-state index in [1.807, 2.05) is 0 Å². The van der Waals surface area contributed by atoms with Gasteiger partial charge in [0.25, 0.3) is 0 Å². The SMILES string of the molecule is C=CCN(CC=C)S(=O)(=O)OCC. The monoisotopic (exact) mass is 205 g/mol. The molecule has 5 heteroatoms. The van der Waals surface area contributed by atoms with Gasteiger partial charge in [-0.15, -0.1) is 13.2 Å². The summed E-state index contributed by atoms with van der Waals surface area (Å²) in [6, 6.07) is 0. The molecule has 0 rings (SSSR count). The van der Waals surface area contributed by atoms with Crippen LogP contribution in [0.15, 0.2) is 25.3 Å². The molecule has 0 saturated carbocycles. The van der Waals surface area contributed by atoms with Crippen LogP contribution in [-0.4, -0.2) is 32.4 Å². The summed E-state index contributed by atoms with van der Waals surface area (Å²) in [5.41, 5.74) is 0. The van der Waals surface area contributed by atoms with E-state index < -0.39 is 10.3 Å². The molecule has 0 bridgehead atoms. The van der Waals surface area contributed by atoms with Crippen LogP contribution in [0.25, 0.3) is 0 Å². The molecule has 4 nitrogen and oxygen atoms in total. The zero-order chi connectivity index (χ0) is 10.3. The van der Waals surface area contributed by atoms with Gasteiger partial charge in [0.1, 0.15) is 0 Å². The second-order valence-electron chi connectivity index (χ2n) is 2.26. The zero-order valence-corrected chi connectivity index (χ0v) is 8.59. The Morgan fingerprint density at radius 2 is 1.77 bits per heavy atom. The van der Waals surface area contributed by atoms with E-state index in [4.69, 9.17) is 0 Å². The second-order valence-corrected chi connectivity index (χ2v) is 3.87. The number of hydrogen-bond acceptors (Lipinski definition) is 3. The second kappa shape index (κ2) is 5.90. The summed E-state index contributed by atoms with van der Waals surface area (Å²) in [5, 5.41) is 0. The van der Waals surface area contributed by atoms with Gasteiger partial charge in [0.2, 0.25) is 0 Å². The molecule has 0 heterocycles. The molecular formula is C8H15NO3S. The molecule has 0 radical (unpaired) electrons. The molecule has 0 fully saturated rings. The van der Waals surface area contributed by atoms with Crippen molar-refractivity contribution in [1.29, 1.82) is 0 Å². The van der Waals surface area contributed by atoms with E-state index in [1.165, 1.54) is 12.2 Å². The highest BCUT2D eigenvalue weighted by atomic mass is 32.2. The van der Waals surface area contributed by atoms with E-state index in [-0.39, 0.29) is 19.7 Å². The van der Waals surface area contributed by atoms with E-state index in [0.717, 1.165) is 4.31 Å². The molecule has 0 aromatic heterocycles. The van der Waals surface area contributed by atoms with Crippen molar-refractivity contribution in [2.24, 2.45) is 0 Å². The number of nitrogens with zero attached hydrogens (tertiary/aromatic N) is 1. The average molecular weight is 205 g/mol. The van der Waals surface area contributed by atoms with Crippen LogP contribution >= 0.6 is 0 Å². The van der Waals surface area contributed by atoms with E-state index in [9.17, 15) is 8.42 Å². The molecule has 0 aliphatic carbocycles. The van der Waals surface area contributed by atoms with Gasteiger partial charge in [-0.3, -0.25) is 4.18 Å². The maximum Gasteiger partial charge on any atom is 0.338 e. The van der Waals surface area contributed by atoms with Crippen LogP contribution in [0.5, 0.6) is 0 Å². The smallest absolute Gasteiger partial charge is 0.258 e. The number of hydrogen-bond donors (Lipinski definition) is 0. The van der Waals surface area contributed by atoms with Crippen LogP contribution in [0.4, 0.5) is 0 Å². The summed E-state index contributed by atoms with van der Waals surface area (Å²) >= 11 is 0. The predicted molar refractivity (Wildman–Crippen MR) is 52.5 cm³/mol. The topological polar surface area (TPSA) is 46.6 Å². The van der Waals surface area contributed by atoms with Crippen LogP contribution in [-0.2, 0) is 14.5 Å². The van der Waals surface area contributed by atoms with Crippen molar-refractivity contribution >= 4 is 10.3 Å². The fourth-order valence-electron chi connectivity index (χ4n) is 0.769. The maximum absolute atomic E-state index is 11.3. The Hall–Kier alpha value is -0.650. The Morgan fingerprint density at radius 1 is 1.31 bits per heavy atom. The standard InChI is InChI=1S/C8H15NO3S/c1-4-7-9(8-5-2)13(10,11)12-6-3/h4-5H,1-2,6-8H2,3H3. The quantitative estimate of drug-likeness (QED) is 0.581. The molecule has 0 saturated heterocycles. The lowest BCUT2D eigenvalue weighted by Gasteiger charge is -2.17. The largest absolute Gasteiger partial charge is 0.338 e. The van der Waals surface area contributed by atoms with Crippen molar-refractivity contribution < 1.29 is 12.6 Å². The van der Waals surface area contributed by atoms with Crippen molar-refractivity contribution in [2.45, 2.75) is 6.92 Å². The van der Waals surface area contributed by atoms with Crippen molar-refractivity contribution in [2.75, 3.05) is 19.7 Å². The Labute approximate surface area is 79.8 Å². The zero-order valence-electron chi connectivity index (χ0n) is 7.77. The first-order valence-corrected chi connectivity index (χ1v) is 5.31.